The number of nitrogens with one attached hydrogen (secondary N) is 1. The van der Waals surface area contributed by atoms with Crippen molar-refractivity contribution in [1.82, 2.24) is 4.31 Å². The Balaban J connectivity index is 1.99. The molecule has 12 heteroatoms. The summed E-state index contributed by atoms with van der Waals surface area (Å²) in [5, 5.41) is 2.50. The van der Waals surface area contributed by atoms with E-state index in [0.717, 1.165) is 12.2 Å². The summed E-state index contributed by atoms with van der Waals surface area (Å²) in [6, 6.07) is 3.91. The van der Waals surface area contributed by atoms with Gasteiger partial charge in [-0.05, 0) is 25.1 Å². The van der Waals surface area contributed by atoms with Crippen LogP contribution in [-0.4, -0.2) is 70.1 Å². The molecule has 1 aliphatic rings. The van der Waals surface area contributed by atoms with Gasteiger partial charge in [-0.1, -0.05) is 11.6 Å². The van der Waals surface area contributed by atoms with Gasteiger partial charge in [0.05, 0.1) is 35.4 Å². The molecule has 1 fully saturated rings. The Morgan fingerprint density at radius 2 is 1.80 bits per heavy atom. The number of hydrogen-bond acceptors (Lipinski definition) is 8. The zero-order valence-corrected chi connectivity index (χ0v) is 17.7. The maximum atomic E-state index is 12.7. The highest BCUT2D eigenvalue weighted by atomic mass is 35.5. The number of halogens is 1. The van der Waals surface area contributed by atoms with Crippen LogP contribution in [0.15, 0.2) is 35.2 Å². The molecular formula is C18H21ClN2O8S. The minimum atomic E-state index is -3.78. The monoisotopic (exact) mass is 460 g/mol. The Morgan fingerprint density at radius 1 is 1.17 bits per heavy atom. The number of hydrogen-bond donors (Lipinski definition) is 1. The molecule has 0 saturated carbocycles. The highest BCUT2D eigenvalue weighted by molar-refractivity contribution is 7.89. The molecule has 10 nitrogen and oxygen atoms in total. The van der Waals surface area contributed by atoms with Gasteiger partial charge in [-0.25, -0.2) is 18.0 Å². The zero-order valence-electron chi connectivity index (χ0n) is 16.1. The van der Waals surface area contributed by atoms with Crippen molar-refractivity contribution in [1.29, 1.82) is 0 Å². The van der Waals surface area contributed by atoms with Gasteiger partial charge >= 0.3 is 11.9 Å². The van der Waals surface area contributed by atoms with Gasteiger partial charge in [-0.15, -0.1) is 0 Å². The highest BCUT2D eigenvalue weighted by Crippen LogP contribution is 2.27. The number of sulfonamides is 1. The molecule has 0 bridgehead atoms. The predicted molar refractivity (Wildman–Crippen MR) is 106 cm³/mol. The molecule has 164 valence electrons. The second kappa shape index (κ2) is 11.1. The summed E-state index contributed by atoms with van der Waals surface area (Å²) < 4.78 is 41.2. The molecule has 1 aromatic rings. The van der Waals surface area contributed by atoms with E-state index >= 15 is 0 Å². The van der Waals surface area contributed by atoms with Crippen LogP contribution in [0.5, 0.6) is 0 Å². The lowest BCUT2D eigenvalue weighted by atomic mass is 10.3. The quantitative estimate of drug-likeness (QED) is 0.448. The largest absolute Gasteiger partial charge is 0.463 e. The molecular weight excluding hydrogens is 440 g/mol. The van der Waals surface area contributed by atoms with Crippen LogP contribution in [0.3, 0.4) is 0 Å². The van der Waals surface area contributed by atoms with Gasteiger partial charge < -0.3 is 19.5 Å². The minimum absolute atomic E-state index is 0.0431. The molecule has 1 N–H and O–H groups in total. The number of anilines is 1. The number of esters is 2. The average Bonchev–Trinajstić information content (AvgIpc) is 2.73. The molecule has 1 aliphatic heterocycles. The summed E-state index contributed by atoms with van der Waals surface area (Å²) in [7, 11) is -3.78. The molecule has 1 aromatic carbocycles. The number of rotatable bonds is 8. The fraction of sp³-hybridized carbons (Fsp3) is 0.389. The first-order chi connectivity index (χ1) is 14.2. The molecule has 0 unspecified atom stereocenters. The Labute approximate surface area is 178 Å². The van der Waals surface area contributed by atoms with E-state index in [1.165, 1.54) is 22.5 Å². The first kappa shape index (κ1) is 23.8. The molecule has 1 heterocycles. The number of morpholine rings is 1. The average molecular weight is 461 g/mol. The third-order valence-electron chi connectivity index (χ3n) is 3.81. The van der Waals surface area contributed by atoms with E-state index < -0.39 is 34.5 Å². The molecule has 0 aliphatic carbocycles. The van der Waals surface area contributed by atoms with E-state index in [1.807, 2.05) is 0 Å². The van der Waals surface area contributed by atoms with Crippen LogP contribution in [-0.2, 0) is 38.6 Å². The van der Waals surface area contributed by atoms with Gasteiger partial charge in [-0.2, -0.15) is 4.31 Å². The van der Waals surface area contributed by atoms with Crippen LogP contribution in [0.25, 0.3) is 0 Å². The minimum Gasteiger partial charge on any atom is -0.463 e. The Kier molecular flexibility index (Phi) is 8.78. The van der Waals surface area contributed by atoms with Crippen molar-refractivity contribution in [2.24, 2.45) is 0 Å². The predicted octanol–water partition coefficient (Wildman–Crippen LogP) is 0.962. The summed E-state index contributed by atoms with van der Waals surface area (Å²) >= 11 is 6.04. The number of carbonyl (C=O) groups is 3. The van der Waals surface area contributed by atoms with E-state index in [-0.39, 0.29) is 35.3 Å². The van der Waals surface area contributed by atoms with Gasteiger partial charge in [0, 0.05) is 25.2 Å². The third-order valence-corrected chi connectivity index (χ3v) is 6.03. The summed E-state index contributed by atoms with van der Waals surface area (Å²) in [5.74, 6) is -2.38. The van der Waals surface area contributed by atoms with Crippen molar-refractivity contribution in [3.8, 4) is 0 Å². The highest BCUT2D eigenvalue weighted by Gasteiger charge is 2.27. The third kappa shape index (κ3) is 6.80. The smallest absolute Gasteiger partial charge is 0.331 e. The molecule has 0 aromatic heterocycles. The first-order valence-corrected chi connectivity index (χ1v) is 10.7. The van der Waals surface area contributed by atoms with Gasteiger partial charge in [0.1, 0.15) is 0 Å². The van der Waals surface area contributed by atoms with Crippen molar-refractivity contribution >= 4 is 45.2 Å². The van der Waals surface area contributed by atoms with Gasteiger partial charge in [0.15, 0.2) is 6.61 Å². The van der Waals surface area contributed by atoms with Crippen LogP contribution in [0.2, 0.25) is 5.02 Å². The Hall–Kier alpha value is -2.47. The van der Waals surface area contributed by atoms with Crippen molar-refractivity contribution in [3.63, 3.8) is 0 Å². The second-order valence-electron chi connectivity index (χ2n) is 5.90. The molecule has 30 heavy (non-hydrogen) atoms. The van der Waals surface area contributed by atoms with E-state index in [2.05, 4.69) is 10.1 Å². The van der Waals surface area contributed by atoms with Gasteiger partial charge in [-0.3, -0.25) is 4.79 Å². The number of amides is 1. The summed E-state index contributed by atoms with van der Waals surface area (Å²) in [4.78, 5) is 34.6. The Bertz CT molecular complexity index is 926. The van der Waals surface area contributed by atoms with Gasteiger partial charge in [0.2, 0.25) is 10.0 Å². The summed E-state index contributed by atoms with van der Waals surface area (Å²) in [6.45, 7) is 2.15. The first-order valence-electron chi connectivity index (χ1n) is 8.93. The lowest BCUT2D eigenvalue weighted by molar-refractivity contribution is -0.143. The van der Waals surface area contributed by atoms with Crippen molar-refractivity contribution < 1.29 is 37.0 Å². The number of nitrogens with zero attached hydrogens (tertiary/aromatic N) is 1. The van der Waals surface area contributed by atoms with Crippen molar-refractivity contribution in [2.75, 3.05) is 44.8 Å². The standard InChI is InChI=1S/C18H21ClN2O8S/c1-2-28-17(23)5-6-18(24)29-12-16(22)20-15-11-13(3-4-14(15)19)30(25,26)21-7-9-27-10-8-21/h3-6,11H,2,7-10,12H2,1H3,(H,20,22). The van der Waals surface area contributed by atoms with Crippen LogP contribution in [0, 0.1) is 0 Å². The van der Waals surface area contributed by atoms with E-state index in [9.17, 15) is 22.8 Å². The van der Waals surface area contributed by atoms with E-state index in [1.54, 1.807) is 6.92 Å². The van der Waals surface area contributed by atoms with E-state index in [0.29, 0.717) is 13.2 Å². The lowest BCUT2D eigenvalue weighted by Crippen LogP contribution is -2.40. The van der Waals surface area contributed by atoms with Crippen LogP contribution >= 0.6 is 11.6 Å². The zero-order chi connectivity index (χ0) is 22.1. The number of ether oxygens (including phenoxy) is 3. The van der Waals surface area contributed by atoms with Crippen molar-refractivity contribution in [3.05, 3.63) is 35.4 Å². The summed E-state index contributed by atoms with van der Waals surface area (Å²) in [6.07, 6.45) is 1.70. The van der Waals surface area contributed by atoms with Crippen LogP contribution < -0.4 is 5.32 Å². The van der Waals surface area contributed by atoms with Crippen LogP contribution in [0.1, 0.15) is 6.92 Å². The second-order valence-corrected chi connectivity index (χ2v) is 8.24. The lowest BCUT2D eigenvalue weighted by Gasteiger charge is -2.26. The molecule has 2 rings (SSSR count). The number of carbonyl (C=O) groups excluding carboxylic acids is 3. The summed E-state index contributed by atoms with van der Waals surface area (Å²) in [5.41, 5.74) is 0.0501. The van der Waals surface area contributed by atoms with Gasteiger partial charge in [0.25, 0.3) is 5.91 Å². The van der Waals surface area contributed by atoms with Crippen LogP contribution in [0.4, 0.5) is 5.69 Å². The fourth-order valence-electron chi connectivity index (χ4n) is 2.39. The maximum Gasteiger partial charge on any atom is 0.331 e. The topological polar surface area (TPSA) is 128 Å². The van der Waals surface area contributed by atoms with Crippen molar-refractivity contribution in [2.45, 2.75) is 11.8 Å². The fourth-order valence-corrected chi connectivity index (χ4v) is 3.99. The SMILES string of the molecule is CCOC(=O)C=CC(=O)OCC(=O)Nc1cc(S(=O)(=O)N2CCOCC2)ccc1Cl. The molecule has 1 amide bonds. The molecule has 0 radical (unpaired) electrons. The molecule has 1 saturated heterocycles. The normalized spacial score (nSPS) is 15.0. The Morgan fingerprint density at radius 3 is 2.43 bits per heavy atom. The molecule has 0 spiro atoms. The van der Waals surface area contributed by atoms with E-state index in [4.69, 9.17) is 21.1 Å². The number of benzene rings is 1. The maximum absolute atomic E-state index is 12.7. The molecule has 0 atom stereocenters.